The molecule has 116 valence electrons. The summed E-state index contributed by atoms with van der Waals surface area (Å²) in [5, 5.41) is 0. The zero-order valence-electron chi connectivity index (χ0n) is 11.7. The van der Waals surface area contributed by atoms with Gasteiger partial charge in [-0.1, -0.05) is 6.92 Å². The number of halogens is 3. The van der Waals surface area contributed by atoms with Crippen molar-refractivity contribution in [2.24, 2.45) is 5.92 Å². The first-order valence-electron chi connectivity index (χ1n) is 7.16. The molecule has 1 aromatic rings. The van der Waals surface area contributed by atoms with Gasteiger partial charge in [-0.05, 0) is 38.0 Å². The van der Waals surface area contributed by atoms with Gasteiger partial charge in [0.25, 0.3) is 5.91 Å². The number of thiazole rings is 1. The molecular weight excluding hydrogens is 301 g/mol. The third kappa shape index (κ3) is 2.45. The summed E-state index contributed by atoms with van der Waals surface area (Å²) in [6, 6.07) is 0. The van der Waals surface area contributed by atoms with Crippen molar-refractivity contribution in [3.63, 3.8) is 0 Å². The van der Waals surface area contributed by atoms with Crippen LogP contribution in [0.2, 0.25) is 0 Å². The summed E-state index contributed by atoms with van der Waals surface area (Å²) in [5.41, 5.74) is -0.134. The van der Waals surface area contributed by atoms with Crippen molar-refractivity contribution in [3.05, 3.63) is 16.1 Å². The number of likely N-dealkylation sites (tertiary alicyclic amines) is 1. The van der Waals surface area contributed by atoms with Crippen LogP contribution in [-0.4, -0.2) is 27.9 Å². The van der Waals surface area contributed by atoms with Crippen molar-refractivity contribution < 1.29 is 18.0 Å². The van der Waals surface area contributed by atoms with Gasteiger partial charge >= 0.3 is 6.18 Å². The lowest BCUT2D eigenvalue weighted by Gasteiger charge is -2.55. The molecule has 1 spiro atoms. The quantitative estimate of drug-likeness (QED) is 0.785. The van der Waals surface area contributed by atoms with Crippen LogP contribution in [-0.2, 0) is 6.18 Å². The number of amides is 1. The SMILES string of the molecule is CC1CCC2(CC1)CCN2C(=O)c1scnc1C(F)(F)F. The molecule has 2 fully saturated rings. The normalized spacial score (nSPS) is 29.5. The summed E-state index contributed by atoms with van der Waals surface area (Å²) in [7, 11) is 0. The second-order valence-electron chi connectivity index (χ2n) is 6.14. The van der Waals surface area contributed by atoms with Crippen LogP contribution in [0.1, 0.15) is 54.4 Å². The lowest BCUT2D eigenvalue weighted by Crippen LogP contribution is -2.63. The van der Waals surface area contributed by atoms with Crippen LogP contribution in [0.15, 0.2) is 5.51 Å². The van der Waals surface area contributed by atoms with E-state index in [2.05, 4.69) is 11.9 Å². The molecule has 0 unspecified atom stereocenters. The van der Waals surface area contributed by atoms with Gasteiger partial charge in [-0.2, -0.15) is 13.2 Å². The fourth-order valence-corrected chi connectivity index (χ4v) is 4.15. The van der Waals surface area contributed by atoms with Crippen molar-refractivity contribution in [2.75, 3.05) is 6.54 Å². The number of hydrogen-bond acceptors (Lipinski definition) is 3. The molecule has 0 atom stereocenters. The fraction of sp³-hybridized carbons (Fsp3) is 0.714. The average molecular weight is 318 g/mol. The molecule has 0 radical (unpaired) electrons. The Morgan fingerprint density at radius 3 is 2.57 bits per heavy atom. The van der Waals surface area contributed by atoms with E-state index in [0.717, 1.165) is 49.0 Å². The van der Waals surface area contributed by atoms with Crippen molar-refractivity contribution in [1.82, 2.24) is 9.88 Å². The van der Waals surface area contributed by atoms with E-state index in [1.54, 1.807) is 4.90 Å². The zero-order valence-corrected chi connectivity index (χ0v) is 12.6. The van der Waals surface area contributed by atoms with E-state index in [1.165, 1.54) is 0 Å². The van der Waals surface area contributed by atoms with E-state index in [4.69, 9.17) is 0 Å². The molecule has 1 saturated carbocycles. The molecule has 1 saturated heterocycles. The number of carbonyl (C=O) groups excluding carboxylic acids is 1. The Morgan fingerprint density at radius 2 is 2.05 bits per heavy atom. The van der Waals surface area contributed by atoms with E-state index in [1.807, 2.05) is 0 Å². The Bertz CT molecular complexity index is 547. The maximum atomic E-state index is 12.9. The monoisotopic (exact) mass is 318 g/mol. The highest BCUT2D eigenvalue weighted by molar-refractivity contribution is 7.11. The first-order chi connectivity index (χ1) is 9.83. The number of hydrogen-bond donors (Lipinski definition) is 0. The van der Waals surface area contributed by atoms with Gasteiger partial charge in [0.2, 0.25) is 0 Å². The maximum absolute atomic E-state index is 12.9. The van der Waals surface area contributed by atoms with E-state index in [9.17, 15) is 18.0 Å². The van der Waals surface area contributed by atoms with Gasteiger partial charge in [-0.25, -0.2) is 4.98 Å². The van der Waals surface area contributed by atoms with Gasteiger partial charge < -0.3 is 4.90 Å². The number of aromatic nitrogens is 1. The lowest BCUT2D eigenvalue weighted by molar-refractivity contribution is -0.141. The molecule has 21 heavy (non-hydrogen) atoms. The Kier molecular flexibility index (Phi) is 3.50. The van der Waals surface area contributed by atoms with Gasteiger partial charge in [-0.15, -0.1) is 11.3 Å². The number of alkyl halides is 3. The lowest BCUT2D eigenvalue weighted by atomic mass is 9.70. The summed E-state index contributed by atoms with van der Waals surface area (Å²) in [5.74, 6) is 0.146. The summed E-state index contributed by atoms with van der Waals surface area (Å²) in [6.07, 6.45) is 0.229. The fourth-order valence-electron chi connectivity index (χ4n) is 3.40. The van der Waals surface area contributed by atoms with Crippen molar-refractivity contribution >= 4 is 17.2 Å². The van der Waals surface area contributed by atoms with Crippen molar-refractivity contribution in [1.29, 1.82) is 0 Å². The summed E-state index contributed by atoms with van der Waals surface area (Å²) < 4.78 is 38.7. The average Bonchev–Trinajstić information content (AvgIpc) is 2.87. The largest absolute Gasteiger partial charge is 0.434 e. The zero-order chi connectivity index (χ0) is 15.3. The molecule has 1 amide bonds. The number of rotatable bonds is 1. The molecule has 1 aromatic heterocycles. The van der Waals surface area contributed by atoms with Crippen LogP contribution in [0.25, 0.3) is 0 Å². The summed E-state index contributed by atoms with van der Waals surface area (Å²) in [6.45, 7) is 2.74. The maximum Gasteiger partial charge on any atom is 0.434 e. The van der Waals surface area contributed by atoms with E-state index >= 15 is 0 Å². The Labute approximate surface area is 125 Å². The molecule has 3 nitrogen and oxygen atoms in total. The highest BCUT2D eigenvalue weighted by Crippen LogP contribution is 2.46. The van der Waals surface area contributed by atoms with Crippen LogP contribution >= 0.6 is 11.3 Å². The molecule has 3 rings (SSSR count). The smallest absolute Gasteiger partial charge is 0.332 e. The molecule has 1 aliphatic heterocycles. The summed E-state index contributed by atoms with van der Waals surface area (Å²) in [4.78, 5) is 17.2. The van der Waals surface area contributed by atoms with Crippen LogP contribution < -0.4 is 0 Å². The molecule has 1 aliphatic carbocycles. The molecule has 2 aliphatic rings. The van der Waals surface area contributed by atoms with Gasteiger partial charge in [0.15, 0.2) is 5.69 Å². The van der Waals surface area contributed by atoms with Crippen LogP contribution in [0.4, 0.5) is 13.2 Å². The number of nitrogens with zero attached hydrogens (tertiary/aromatic N) is 2. The van der Waals surface area contributed by atoms with Crippen molar-refractivity contribution in [3.8, 4) is 0 Å². The highest BCUT2D eigenvalue weighted by atomic mass is 32.1. The molecule has 0 N–H and O–H groups in total. The van der Waals surface area contributed by atoms with Crippen LogP contribution in [0, 0.1) is 5.92 Å². The minimum absolute atomic E-state index is 0.198. The standard InChI is InChI=1S/C14H17F3N2OS/c1-9-2-4-13(5-3-9)6-7-19(13)12(20)10-11(14(15,16)17)18-8-21-10/h8-9H,2-7H2,1H3. The van der Waals surface area contributed by atoms with Gasteiger partial charge in [-0.3, -0.25) is 4.79 Å². The van der Waals surface area contributed by atoms with Gasteiger partial charge in [0.05, 0.1) is 5.51 Å². The molecule has 7 heteroatoms. The molecule has 0 bridgehead atoms. The molecular formula is C14H17F3N2OS. The third-order valence-electron chi connectivity index (χ3n) is 4.85. The van der Waals surface area contributed by atoms with Crippen molar-refractivity contribution in [2.45, 2.75) is 50.7 Å². The molecule has 2 heterocycles. The predicted octanol–water partition coefficient (Wildman–Crippen LogP) is 3.96. The predicted molar refractivity (Wildman–Crippen MR) is 73.1 cm³/mol. The Hall–Kier alpha value is -1.11. The van der Waals surface area contributed by atoms with E-state index in [0.29, 0.717) is 12.5 Å². The van der Waals surface area contributed by atoms with E-state index < -0.39 is 17.8 Å². The minimum atomic E-state index is -4.57. The molecule has 0 aromatic carbocycles. The van der Waals surface area contributed by atoms with E-state index in [-0.39, 0.29) is 10.4 Å². The second-order valence-corrected chi connectivity index (χ2v) is 7.00. The minimum Gasteiger partial charge on any atom is -0.332 e. The topological polar surface area (TPSA) is 33.2 Å². The number of carbonyl (C=O) groups is 1. The van der Waals surface area contributed by atoms with Gasteiger partial charge in [0.1, 0.15) is 4.88 Å². The first kappa shape index (κ1) is 14.8. The Balaban J connectivity index is 1.82. The van der Waals surface area contributed by atoms with Crippen LogP contribution in [0.3, 0.4) is 0 Å². The van der Waals surface area contributed by atoms with Crippen LogP contribution in [0.5, 0.6) is 0 Å². The third-order valence-corrected chi connectivity index (χ3v) is 5.67. The Morgan fingerprint density at radius 1 is 1.38 bits per heavy atom. The first-order valence-corrected chi connectivity index (χ1v) is 8.04. The highest BCUT2D eigenvalue weighted by Gasteiger charge is 2.50. The summed E-state index contributed by atoms with van der Waals surface area (Å²) >= 11 is 0.788. The van der Waals surface area contributed by atoms with Gasteiger partial charge in [0, 0.05) is 12.1 Å². The second kappa shape index (κ2) is 4.97.